The lowest BCUT2D eigenvalue weighted by Crippen LogP contribution is -2.25. The summed E-state index contributed by atoms with van der Waals surface area (Å²) in [6.45, 7) is 2.07. The zero-order valence-corrected chi connectivity index (χ0v) is 12.8. The number of carbonyl (C=O) groups excluding carboxylic acids is 1. The fraction of sp³-hybridized carbons (Fsp3) is 0.273. The van der Waals surface area contributed by atoms with Gasteiger partial charge >= 0.3 is 0 Å². The first-order valence-corrected chi connectivity index (χ1v) is 8.74. The fourth-order valence-electron chi connectivity index (χ4n) is 1.49. The number of carbonyl (C=O) groups is 1. The van der Waals surface area contributed by atoms with E-state index in [-0.39, 0.29) is 15.8 Å². The van der Waals surface area contributed by atoms with Crippen molar-refractivity contribution >= 4 is 37.0 Å². The van der Waals surface area contributed by atoms with Gasteiger partial charge in [0.25, 0.3) is 15.0 Å². The van der Waals surface area contributed by atoms with Gasteiger partial charge in [-0.15, -0.1) is 11.3 Å². The maximum atomic E-state index is 11.7. The van der Waals surface area contributed by atoms with Crippen LogP contribution in [-0.2, 0) is 15.5 Å². The molecule has 1 amide bonds. The normalized spacial score (nSPS) is 11.5. The molecule has 0 aliphatic carbocycles. The van der Waals surface area contributed by atoms with E-state index in [0.717, 1.165) is 16.2 Å². The van der Waals surface area contributed by atoms with Gasteiger partial charge in [-0.05, 0) is 25.5 Å². The highest BCUT2D eigenvalue weighted by Crippen LogP contribution is 2.24. The lowest BCUT2D eigenvalue weighted by atomic mass is 10.3. The summed E-state index contributed by atoms with van der Waals surface area (Å²) in [5.74, 6) is 0.231. The zero-order chi connectivity index (χ0) is 14.8. The van der Waals surface area contributed by atoms with Gasteiger partial charge in [0.1, 0.15) is 9.97 Å². The molecule has 0 unspecified atom stereocenters. The van der Waals surface area contributed by atoms with Crippen LogP contribution in [0.15, 0.2) is 26.9 Å². The maximum absolute atomic E-state index is 11.7. The summed E-state index contributed by atoms with van der Waals surface area (Å²) in [6.07, 6.45) is 0.514. The van der Waals surface area contributed by atoms with Gasteiger partial charge in [0, 0.05) is 28.2 Å². The molecule has 0 aliphatic rings. The first-order valence-electron chi connectivity index (χ1n) is 5.61. The van der Waals surface area contributed by atoms with E-state index < -0.39 is 9.05 Å². The molecule has 2 aromatic rings. The summed E-state index contributed by atoms with van der Waals surface area (Å²) >= 11 is 1.09. The number of nitrogens with zero attached hydrogens (tertiary/aromatic N) is 1. The Balaban J connectivity index is 1.87. The van der Waals surface area contributed by atoms with E-state index in [2.05, 4.69) is 10.5 Å². The summed E-state index contributed by atoms with van der Waals surface area (Å²) in [6, 6.07) is 4.66. The van der Waals surface area contributed by atoms with Crippen LogP contribution >= 0.6 is 22.0 Å². The van der Waals surface area contributed by atoms with E-state index in [9.17, 15) is 13.2 Å². The van der Waals surface area contributed by atoms with E-state index >= 15 is 0 Å². The minimum Gasteiger partial charge on any atom is -0.361 e. The fourth-order valence-corrected chi connectivity index (χ4v) is 3.61. The summed E-state index contributed by atoms with van der Waals surface area (Å²) in [5, 5.41) is 6.27. The van der Waals surface area contributed by atoms with Crippen molar-refractivity contribution < 1.29 is 17.7 Å². The molecule has 2 rings (SSSR count). The van der Waals surface area contributed by atoms with E-state index in [1.54, 1.807) is 19.1 Å². The van der Waals surface area contributed by atoms with Gasteiger partial charge < -0.3 is 9.84 Å². The van der Waals surface area contributed by atoms with Crippen molar-refractivity contribution in [3.05, 3.63) is 34.5 Å². The molecule has 2 heterocycles. The standard InChI is InChI=1S/C11H11ClN2O4S2/c1-7-6-9(14-18-7)11(15)13-5-4-8-2-3-10(19-8)20(12,16)17/h2-3,6H,4-5H2,1H3,(H,13,15). The van der Waals surface area contributed by atoms with Gasteiger partial charge in [0.05, 0.1) is 0 Å². The van der Waals surface area contributed by atoms with Crippen molar-refractivity contribution in [2.75, 3.05) is 6.54 Å². The number of aryl methyl sites for hydroxylation is 1. The molecule has 108 valence electrons. The SMILES string of the molecule is Cc1cc(C(=O)NCCc2ccc(S(=O)(=O)Cl)s2)no1. The summed E-state index contributed by atoms with van der Waals surface area (Å²) in [4.78, 5) is 12.5. The molecule has 0 fully saturated rings. The van der Waals surface area contributed by atoms with Crippen LogP contribution in [-0.4, -0.2) is 26.0 Å². The average Bonchev–Trinajstić information content (AvgIpc) is 2.97. The predicted molar refractivity (Wildman–Crippen MR) is 74.6 cm³/mol. The molecule has 9 heteroatoms. The molecule has 0 saturated carbocycles. The summed E-state index contributed by atoms with van der Waals surface area (Å²) in [7, 11) is 1.55. The highest BCUT2D eigenvalue weighted by Gasteiger charge is 2.14. The highest BCUT2D eigenvalue weighted by atomic mass is 35.7. The Morgan fingerprint density at radius 3 is 2.80 bits per heavy atom. The molecule has 0 bridgehead atoms. The van der Waals surface area contributed by atoms with Gasteiger partial charge in [-0.1, -0.05) is 5.16 Å². The Morgan fingerprint density at radius 2 is 2.25 bits per heavy atom. The number of thiophene rings is 1. The minimum absolute atomic E-state index is 0.104. The van der Waals surface area contributed by atoms with Gasteiger partial charge in [0.15, 0.2) is 5.69 Å². The molecule has 20 heavy (non-hydrogen) atoms. The number of nitrogens with one attached hydrogen (secondary N) is 1. The molecule has 1 N–H and O–H groups in total. The van der Waals surface area contributed by atoms with Gasteiger partial charge in [0.2, 0.25) is 0 Å². The number of aromatic nitrogens is 1. The maximum Gasteiger partial charge on any atom is 0.273 e. The third-order valence-electron chi connectivity index (χ3n) is 2.39. The van der Waals surface area contributed by atoms with Crippen molar-refractivity contribution in [1.82, 2.24) is 10.5 Å². The van der Waals surface area contributed by atoms with Crippen LogP contribution in [0.5, 0.6) is 0 Å². The topological polar surface area (TPSA) is 89.3 Å². The second kappa shape index (κ2) is 5.94. The van der Waals surface area contributed by atoms with E-state index in [4.69, 9.17) is 15.2 Å². The summed E-state index contributed by atoms with van der Waals surface area (Å²) in [5.41, 5.74) is 0.220. The van der Waals surface area contributed by atoms with Crippen LogP contribution in [0.25, 0.3) is 0 Å². The Hall–Kier alpha value is -1.38. The van der Waals surface area contributed by atoms with Crippen molar-refractivity contribution in [1.29, 1.82) is 0 Å². The minimum atomic E-state index is -3.68. The molecule has 2 aromatic heterocycles. The molecule has 0 aromatic carbocycles. The monoisotopic (exact) mass is 334 g/mol. The van der Waals surface area contributed by atoms with Crippen LogP contribution in [0, 0.1) is 6.92 Å². The quantitative estimate of drug-likeness (QED) is 0.844. The molecule has 0 radical (unpaired) electrons. The smallest absolute Gasteiger partial charge is 0.273 e. The number of halogens is 1. The molecular formula is C11H11ClN2O4S2. The number of rotatable bonds is 5. The molecule has 0 spiro atoms. The average molecular weight is 335 g/mol. The molecule has 0 saturated heterocycles. The van der Waals surface area contributed by atoms with E-state index in [0.29, 0.717) is 18.7 Å². The second-order valence-electron chi connectivity index (χ2n) is 3.99. The van der Waals surface area contributed by atoms with Crippen LogP contribution in [0.2, 0.25) is 0 Å². The zero-order valence-electron chi connectivity index (χ0n) is 10.4. The third kappa shape index (κ3) is 3.81. The van der Waals surface area contributed by atoms with Crippen molar-refractivity contribution in [3.63, 3.8) is 0 Å². The Morgan fingerprint density at radius 1 is 1.50 bits per heavy atom. The second-order valence-corrected chi connectivity index (χ2v) is 7.95. The van der Waals surface area contributed by atoms with E-state index in [1.807, 2.05) is 0 Å². The molecule has 0 atom stereocenters. The van der Waals surface area contributed by atoms with Gasteiger partial charge in [-0.3, -0.25) is 4.79 Å². The van der Waals surface area contributed by atoms with Gasteiger partial charge in [-0.2, -0.15) is 0 Å². The predicted octanol–water partition coefficient (Wildman–Crippen LogP) is 1.94. The van der Waals surface area contributed by atoms with Crippen molar-refractivity contribution in [3.8, 4) is 0 Å². The number of hydrogen-bond acceptors (Lipinski definition) is 6. The molecule has 6 nitrogen and oxygen atoms in total. The lowest BCUT2D eigenvalue weighted by Gasteiger charge is -2.00. The lowest BCUT2D eigenvalue weighted by molar-refractivity contribution is 0.0945. The van der Waals surface area contributed by atoms with E-state index in [1.165, 1.54) is 6.07 Å². The Labute approximate surface area is 124 Å². The third-order valence-corrected chi connectivity index (χ3v) is 5.63. The molecular weight excluding hydrogens is 324 g/mol. The number of hydrogen-bond donors (Lipinski definition) is 1. The van der Waals surface area contributed by atoms with Crippen LogP contribution in [0.3, 0.4) is 0 Å². The van der Waals surface area contributed by atoms with Crippen LogP contribution in [0.1, 0.15) is 21.1 Å². The highest BCUT2D eigenvalue weighted by molar-refractivity contribution is 8.15. The Bertz CT molecular complexity index is 720. The first kappa shape index (κ1) is 15.0. The van der Waals surface area contributed by atoms with Gasteiger partial charge in [-0.25, -0.2) is 8.42 Å². The van der Waals surface area contributed by atoms with Crippen LogP contribution < -0.4 is 5.32 Å². The Kier molecular flexibility index (Phi) is 4.46. The molecule has 0 aliphatic heterocycles. The summed E-state index contributed by atoms with van der Waals surface area (Å²) < 4.78 is 27.1. The van der Waals surface area contributed by atoms with Crippen molar-refractivity contribution in [2.45, 2.75) is 17.6 Å². The van der Waals surface area contributed by atoms with Crippen LogP contribution in [0.4, 0.5) is 0 Å². The first-order chi connectivity index (χ1) is 9.36. The van der Waals surface area contributed by atoms with Crippen molar-refractivity contribution in [2.24, 2.45) is 0 Å². The largest absolute Gasteiger partial charge is 0.361 e. The number of amides is 1.